The van der Waals surface area contributed by atoms with Crippen LogP contribution in [0.15, 0.2) is 18.2 Å². The molecular weight excluding hydrogens is 312 g/mol. The number of rotatable bonds is 12. The maximum atomic E-state index is 9.66. The van der Waals surface area contributed by atoms with Gasteiger partial charge in [-0.3, -0.25) is 0 Å². The van der Waals surface area contributed by atoms with E-state index < -0.39 is 0 Å². The predicted octanol–water partition coefficient (Wildman–Crippen LogP) is 0.853. The lowest BCUT2D eigenvalue weighted by molar-refractivity contribution is 0.139. The molecule has 6 nitrogen and oxygen atoms in total. The Labute approximate surface area is 144 Å². The van der Waals surface area contributed by atoms with Crippen LogP contribution in [0.3, 0.4) is 0 Å². The number of aliphatic hydroxyl groups is 3. The van der Waals surface area contributed by atoms with Crippen LogP contribution in [0.1, 0.15) is 34.4 Å². The molecule has 0 saturated heterocycles. The van der Waals surface area contributed by atoms with E-state index in [-0.39, 0.29) is 37.6 Å². The van der Waals surface area contributed by atoms with Crippen LogP contribution in [0.25, 0.3) is 0 Å². The normalized spacial score (nSPS) is 15.2. The summed E-state index contributed by atoms with van der Waals surface area (Å²) < 4.78 is 15.6. The Morgan fingerprint density at radius 1 is 0.625 bits per heavy atom. The average Bonchev–Trinajstić information content (AvgIpc) is 2.61. The molecule has 138 valence electrons. The maximum Gasteiger partial charge on any atom is 0.0553 e. The highest BCUT2D eigenvalue weighted by molar-refractivity contribution is 5.37. The van der Waals surface area contributed by atoms with Gasteiger partial charge >= 0.3 is 0 Å². The highest BCUT2D eigenvalue weighted by Crippen LogP contribution is 2.28. The number of ether oxygens (including phenoxy) is 3. The van der Waals surface area contributed by atoms with Crippen molar-refractivity contribution >= 4 is 0 Å². The lowest BCUT2D eigenvalue weighted by Gasteiger charge is -2.23. The quantitative estimate of drug-likeness (QED) is 0.522. The average molecular weight is 342 g/mol. The van der Waals surface area contributed by atoms with E-state index >= 15 is 0 Å². The van der Waals surface area contributed by atoms with Crippen LogP contribution >= 0.6 is 0 Å². The second-order valence-corrected chi connectivity index (χ2v) is 5.94. The second-order valence-electron chi connectivity index (χ2n) is 5.94. The van der Waals surface area contributed by atoms with Crippen molar-refractivity contribution in [2.45, 2.75) is 17.8 Å². The molecule has 0 aliphatic heterocycles. The molecule has 0 fully saturated rings. The van der Waals surface area contributed by atoms with Crippen LogP contribution in [0.4, 0.5) is 0 Å². The van der Waals surface area contributed by atoms with Gasteiger partial charge in [0.2, 0.25) is 0 Å². The third kappa shape index (κ3) is 5.81. The van der Waals surface area contributed by atoms with E-state index in [1.165, 1.54) is 0 Å². The third-order valence-corrected chi connectivity index (χ3v) is 4.18. The van der Waals surface area contributed by atoms with E-state index in [1.807, 2.05) is 18.2 Å². The zero-order chi connectivity index (χ0) is 17.9. The molecule has 0 amide bonds. The van der Waals surface area contributed by atoms with Crippen molar-refractivity contribution in [3.05, 3.63) is 34.9 Å². The Hall–Kier alpha value is -1.02. The molecule has 0 heterocycles. The van der Waals surface area contributed by atoms with Crippen molar-refractivity contribution in [2.24, 2.45) is 0 Å². The molecule has 3 unspecified atom stereocenters. The van der Waals surface area contributed by atoms with Gasteiger partial charge in [-0.15, -0.1) is 0 Å². The summed E-state index contributed by atoms with van der Waals surface area (Å²) in [5.74, 6) is -0.507. The minimum absolute atomic E-state index is 0.0428. The zero-order valence-corrected chi connectivity index (χ0v) is 14.8. The summed E-state index contributed by atoms with van der Waals surface area (Å²) in [5, 5.41) is 29.0. The van der Waals surface area contributed by atoms with Crippen molar-refractivity contribution in [1.29, 1.82) is 0 Å². The van der Waals surface area contributed by atoms with E-state index in [0.717, 1.165) is 16.7 Å². The number of benzene rings is 1. The molecule has 0 aromatic heterocycles. The Bertz CT molecular complexity index is 386. The Balaban J connectivity index is 3.31. The SMILES string of the molecule is COCC(CO)c1cc(C(CO)COC)cc(C(CO)COC)c1. The van der Waals surface area contributed by atoms with Crippen LogP contribution in [-0.2, 0) is 14.2 Å². The summed E-state index contributed by atoms with van der Waals surface area (Å²) >= 11 is 0. The number of hydrogen-bond acceptors (Lipinski definition) is 6. The van der Waals surface area contributed by atoms with Crippen molar-refractivity contribution in [3.8, 4) is 0 Å². The van der Waals surface area contributed by atoms with Gasteiger partial charge in [0.05, 0.1) is 39.6 Å². The first-order valence-electron chi connectivity index (χ1n) is 8.09. The lowest BCUT2D eigenvalue weighted by Crippen LogP contribution is -2.17. The van der Waals surface area contributed by atoms with E-state index in [4.69, 9.17) is 14.2 Å². The highest BCUT2D eigenvalue weighted by atomic mass is 16.5. The lowest BCUT2D eigenvalue weighted by atomic mass is 9.87. The number of methoxy groups -OCH3 is 3. The molecule has 0 spiro atoms. The first kappa shape index (κ1) is 21.0. The summed E-state index contributed by atoms with van der Waals surface area (Å²) in [6.45, 7) is 1.04. The van der Waals surface area contributed by atoms with Crippen LogP contribution in [0.2, 0.25) is 0 Å². The molecule has 1 aromatic carbocycles. The molecule has 24 heavy (non-hydrogen) atoms. The van der Waals surface area contributed by atoms with Crippen LogP contribution in [-0.4, -0.2) is 76.3 Å². The predicted molar refractivity (Wildman–Crippen MR) is 91.6 cm³/mol. The summed E-state index contributed by atoms with van der Waals surface area (Å²) in [4.78, 5) is 0. The molecule has 1 aromatic rings. The van der Waals surface area contributed by atoms with Gasteiger partial charge in [0.15, 0.2) is 0 Å². The summed E-state index contributed by atoms with van der Waals surface area (Å²) in [6.07, 6.45) is 0. The summed E-state index contributed by atoms with van der Waals surface area (Å²) in [7, 11) is 4.78. The van der Waals surface area contributed by atoms with Crippen LogP contribution in [0.5, 0.6) is 0 Å². The fourth-order valence-electron chi connectivity index (χ4n) is 2.78. The number of aliphatic hydroxyl groups excluding tert-OH is 3. The molecule has 0 radical (unpaired) electrons. The smallest absolute Gasteiger partial charge is 0.0553 e. The van der Waals surface area contributed by atoms with Gasteiger partial charge in [-0.05, 0) is 16.7 Å². The third-order valence-electron chi connectivity index (χ3n) is 4.18. The largest absolute Gasteiger partial charge is 0.396 e. The van der Waals surface area contributed by atoms with Crippen molar-refractivity contribution in [2.75, 3.05) is 61.0 Å². The first-order valence-corrected chi connectivity index (χ1v) is 8.09. The van der Waals surface area contributed by atoms with Crippen molar-refractivity contribution in [1.82, 2.24) is 0 Å². The van der Waals surface area contributed by atoms with Crippen LogP contribution < -0.4 is 0 Å². The van der Waals surface area contributed by atoms with E-state index in [9.17, 15) is 15.3 Å². The van der Waals surface area contributed by atoms with Crippen LogP contribution in [0, 0.1) is 0 Å². The van der Waals surface area contributed by atoms with Crippen molar-refractivity contribution < 1.29 is 29.5 Å². The Morgan fingerprint density at radius 3 is 1.04 bits per heavy atom. The molecule has 3 N–H and O–H groups in total. The topological polar surface area (TPSA) is 88.4 Å². The van der Waals surface area contributed by atoms with Gasteiger partial charge in [-0.2, -0.15) is 0 Å². The van der Waals surface area contributed by atoms with E-state index in [0.29, 0.717) is 19.8 Å². The Kier molecular flexibility index (Phi) is 10.1. The fourth-order valence-corrected chi connectivity index (χ4v) is 2.78. The van der Waals surface area contributed by atoms with E-state index in [1.54, 1.807) is 21.3 Å². The zero-order valence-electron chi connectivity index (χ0n) is 14.8. The van der Waals surface area contributed by atoms with Gasteiger partial charge in [-0.1, -0.05) is 18.2 Å². The molecule has 0 aliphatic rings. The molecular formula is C18H30O6. The van der Waals surface area contributed by atoms with E-state index in [2.05, 4.69) is 0 Å². The first-order chi connectivity index (χ1) is 11.6. The second kappa shape index (κ2) is 11.5. The maximum absolute atomic E-state index is 9.66. The summed E-state index contributed by atoms with van der Waals surface area (Å²) in [5.41, 5.74) is 2.74. The molecule has 0 saturated carbocycles. The molecule has 0 aliphatic carbocycles. The van der Waals surface area contributed by atoms with Gasteiger partial charge in [0.25, 0.3) is 0 Å². The highest BCUT2D eigenvalue weighted by Gasteiger charge is 2.20. The van der Waals surface area contributed by atoms with Gasteiger partial charge < -0.3 is 29.5 Å². The van der Waals surface area contributed by atoms with Crippen molar-refractivity contribution in [3.63, 3.8) is 0 Å². The monoisotopic (exact) mass is 342 g/mol. The summed E-state index contributed by atoms with van der Waals surface area (Å²) in [6, 6.07) is 5.89. The molecule has 0 bridgehead atoms. The van der Waals surface area contributed by atoms with Gasteiger partial charge in [0, 0.05) is 39.1 Å². The minimum atomic E-state index is -0.169. The molecule has 6 heteroatoms. The fraction of sp³-hybridized carbons (Fsp3) is 0.667. The molecule has 1 rings (SSSR count). The Morgan fingerprint density at radius 2 is 0.875 bits per heavy atom. The molecule has 3 atom stereocenters. The minimum Gasteiger partial charge on any atom is -0.396 e. The standard InChI is InChI=1S/C18H30O6/c1-22-10-16(7-19)13-4-14(17(8-20)11-23-2)6-15(5-13)18(9-21)12-24-3/h4-6,16-21H,7-12H2,1-3H3. The van der Waals surface area contributed by atoms with Gasteiger partial charge in [0.1, 0.15) is 0 Å². The number of hydrogen-bond donors (Lipinski definition) is 3. The van der Waals surface area contributed by atoms with Gasteiger partial charge in [-0.25, -0.2) is 0 Å².